The first kappa shape index (κ1) is 19.6. The zero-order valence-corrected chi connectivity index (χ0v) is 16.1. The van der Waals surface area contributed by atoms with Crippen molar-refractivity contribution in [3.63, 3.8) is 0 Å². The first-order chi connectivity index (χ1) is 12.6. The molecule has 3 aliphatic rings. The van der Waals surface area contributed by atoms with E-state index in [9.17, 15) is 9.59 Å². The molecule has 0 bridgehead atoms. The molecule has 0 spiro atoms. The van der Waals surface area contributed by atoms with Crippen molar-refractivity contribution in [2.24, 2.45) is 0 Å². The van der Waals surface area contributed by atoms with Gasteiger partial charge in [-0.1, -0.05) is 19.3 Å². The van der Waals surface area contributed by atoms with Crippen molar-refractivity contribution >= 4 is 11.8 Å². The van der Waals surface area contributed by atoms with Crippen molar-refractivity contribution in [2.75, 3.05) is 59.5 Å². The summed E-state index contributed by atoms with van der Waals surface area (Å²) in [5.41, 5.74) is 0. The maximum atomic E-state index is 12.6. The van der Waals surface area contributed by atoms with Crippen molar-refractivity contribution in [1.82, 2.24) is 20.0 Å². The fourth-order valence-corrected chi connectivity index (χ4v) is 4.22. The SMILES string of the molecule is CN(C(=O)CN1CCN(C(=O)CC2COCCN2)CC1)C1CCCCC1. The molecule has 2 aliphatic heterocycles. The second kappa shape index (κ2) is 9.67. The molecule has 1 atom stereocenters. The molecule has 148 valence electrons. The molecule has 3 rings (SSSR count). The molecular formula is C19H34N4O3. The Morgan fingerprint density at radius 3 is 2.50 bits per heavy atom. The van der Waals surface area contributed by atoms with Crippen LogP contribution in [0.4, 0.5) is 0 Å². The van der Waals surface area contributed by atoms with Crippen LogP contribution in [0, 0.1) is 0 Å². The number of amides is 2. The maximum absolute atomic E-state index is 12.6. The minimum Gasteiger partial charge on any atom is -0.378 e. The highest BCUT2D eigenvalue weighted by molar-refractivity contribution is 5.79. The monoisotopic (exact) mass is 366 g/mol. The van der Waals surface area contributed by atoms with Crippen molar-refractivity contribution in [3.8, 4) is 0 Å². The van der Waals surface area contributed by atoms with E-state index in [1.54, 1.807) is 0 Å². The largest absolute Gasteiger partial charge is 0.378 e. The summed E-state index contributed by atoms with van der Waals surface area (Å²) in [6.45, 7) is 5.64. The third-order valence-corrected chi connectivity index (χ3v) is 6.02. The van der Waals surface area contributed by atoms with Gasteiger partial charge in [0.25, 0.3) is 0 Å². The lowest BCUT2D eigenvalue weighted by Crippen LogP contribution is -2.53. The lowest BCUT2D eigenvalue weighted by molar-refractivity contribution is -0.136. The van der Waals surface area contributed by atoms with Gasteiger partial charge in [0.15, 0.2) is 0 Å². The van der Waals surface area contributed by atoms with Gasteiger partial charge in [-0.05, 0) is 12.8 Å². The van der Waals surface area contributed by atoms with Gasteiger partial charge in [-0.2, -0.15) is 0 Å². The molecule has 7 heteroatoms. The highest BCUT2D eigenvalue weighted by Gasteiger charge is 2.27. The van der Waals surface area contributed by atoms with Gasteiger partial charge in [-0.15, -0.1) is 0 Å². The average molecular weight is 367 g/mol. The fraction of sp³-hybridized carbons (Fsp3) is 0.895. The molecule has 1 unspecified atom stereocenters. The Kier molecular flexibility index (Phi) is 7.28. The van der Waals surface area contributed by atoms with E-state index in [4.69, 9.17) is 4.74 Å². The van der Waals surface area contributed by atoms with Crippen LogP contribution >= 0.6 is 0 Å². The Labute approximate surface area is 157 Å². The number of rotatable bonds is 5. The topological polar surface area (TPSA) is 65.1 Å². The zero-order valence-electron chi connectivity index (χ0n) is 16.1. The zero-order chi connectivity index (χ0) is 18.4. The number of piperazine rings is 1. The predicted octanol–water partition coefficient (Wildman–Crippen LogP) is 0.300. The number of nitrogens with zero attached hydrogens (tertiary/aromatic N) is 3. The third-order valence-electron chi connectivity index (χ3n) is 6.02. The molecule has 1 saturated carbocycles. The van der Waals surface area contributed by atoms with Gasteiger partial charge in [0.05, 0.1) is 19.8 Å². The van der Waals surface area contributed by atoms with Gasteiger partial charge in [-0.25, -0.2) is 0 Å². The molecule has 7 nitrogen and oxygen atoms in total. The minimum absolute atomic E-state index is 0.139. The lowest BCUT2D eigenvalue weighted by atomic mass is 9.94. The van der Waals surface area contributed by atoms with Gasteiger partial charge < -0.3 is 19.9 Å². The van der Waals surface area contributed by atoms with E-state index in [2.05, 4.69) is 10.2 Å². The average Bonchev–Trinajstić information content (AvgIpc) is 2.69. The molecular weight excluding hydrogens is 332 g/mol. The Morgan fingerprint density at radius 2 is 1.85 bits per heavy atom. The fourth-order valence-electron chi connectivity index (χ4n) is 4.22. The predicted molar refractivity (Wildman–Crippen MR) is 99.9 cm³/mol. The molecule has 1 N–H and O–H groups in total. The number of hydrogen-bond acceptors (Lipinski definition) is 5. The molecule has 0 radical (unpaired) electrons. The highest BCUT2D eigenvalue weighted by Crippen LogP contribution is 2.21. The van der Waals surface area contributed by atoms with Crippen molar-refractivity contribution in [1.29, 1.82) is 0 Å². The highest BCUT2D eigenvalue weighted by atomic mass is 16.5. The summed E-state index contributed by atoms with van der Waals surface area (Å²) >= 11 is 0. The van der Waals surface area contributed by atoms with Crippen LogP contribution in [-0.4, -0.2) is 98.1 Å². The maximum Gasteiger partial charge on any atom is 0.236 e. The lowest BCUT2D eigenvalue weighted by Gasteiger charge is -2.37. The molecule has 1 aliphatic carbocycles. The molecule has 3 fully saturated rings. The van der Waals surface area contributed by atoms with E-state index >= 15 is 0 Å². The normalized spacial score (nSPS) is 25.9. The molecule has 2 saturated heterocycles. The summed E-state index contributed by atoms with van der Waals surface area (Å²) in [5.74, 6) is 0.415. The van der Waals surface area contributed by atoms with Crippen LogP contribution in [0.5, 0.6) is 0 Å². The smallest absolute Gasteiger partial charge is 0.236 e. The molecule has 2 amide bonds. The Balaban J connectivity index is 1.37. The van der Waals surface area contributed by atoms with Crippen molar-refractivity contribution in [3.05, 3.63) is 0 Å². The standard InChI is InChI=1S/C19H34N4O3/c1-21(17-5-3-2-4-6-17)19(25)14-22-8-10-23(11-9-22)18(24)13-16-15-26-12-7-20-16/h16-17,20H,2-15H2,1H3. The quantitative estimate of drug-likeness (QED) is 0.758. The van der Waals surface area contributed by atoms with Crippen LogP contribution in [0.3, 0.4) is 0 Å². The summed E-state index contributed by atoms with van der Waals surface area (Å²) in [6.07, 6.45) is 6.57. The van der Waals surface area contributed by atoms with Gasteiger partial charge in [0, 0.05) is 58.3 Å². The van der Waals surface area contributed by atoms with E-state index in [-0.39, 0.29) is 17.9 Å². The van der Waals surface area contributed by atoms with Crippen LogP contribution in [0.2, 0.25) is 0 Å². The number of nitrogens with one attached hydrogen (secondary N) is 1. The van der Waals surface area contributed by atoms with Gasteiger partial charge in [0.1, 0.15) is 0 Å². The molecule has 2 heterocycles. The van der Waals surface area contributed by atoms with E-state index in [0.717, 1.165) is 39.1 Å². The second-order valence-electron chi connectivity index (χ2n) is 7.88. The van der Waals surface area contributed by atoms with E-state index in [0.29, 0.717) is 38.7 Å². The van der Waals surface area contributed by atoms with Crippen LogP contribution in [0.1, 0.15) is 38.5 Å². The van der Waals surface area contributed by atoms with E-state index < -0.39 is 0 Å². The van der Waals surface area contributed by atoms with Crippen LogP contribution in [-0.2, 0) is 14.3 Å². The van der Waals surface area contributed by atoms with Crippen LogP contribution < -0.4 is 5.32 Å². The first-order valence-corrected chi connectivity index (χ1v) is 10.2. The third kappa shape index (κ3) is 5.41. The molecule has 0 aromatic carbocycles. The number of ether oxygens (including phenoxy) is 1. The number of hydrogen-bond donors (Lipinski definition) is 1. The summed E-state index contributed by atoms with van der Waals surface area (Å²) in [7, 11) is 1.96. The summed E-state index contributed by atoms with van der Waals surface area (Å²) < 4.78 is 5.42. The Morgan fingerprint density at radius 1 is 1.12 bits per heavy atom. The minimum atomic E-state index is 0.139. The number of morpholine rings is 1. The van der Waals surface area contributed by atoms with Crippen LogP contribution in [0.25, 0.3) is 0 Å². The number of carbonyl (C=O) groups excluding carboxylic acids is 2. The van der Waals surface area contributed by atoms with Gasteiger partial charge in [-0.3, -0.25) is 14.5 Å². The van der Waals surface area contributed by atoms with Gasteiger partial charge in [0.2, 0.25) is 11.8 Å². The molecule has 0 aromatic heterocycles. The van der Waals surface area contributed by atoms with Crippen molar-refractivity contribution in [2.45, 2.75) is 50.6 Å². The summed E-state index contributed by atoms with van der Waals surface area (Å²) in [6, 6.07) is 0.560. The molecule has 26 heavy (non-hydrogen) atoms. The second-order valence-corrected chi connectivity index (χ2v) is 7.88. The number of carbonyl (C=O) groups is 2. The van der Waals surface area contributed by atoms with Gasteiger partial charge >= 0.3 is 0 Å². The van der Waals surface area contributed by atoms with Crippen molar-refractivity contribution < 1.29 is 14.3 Å². The van der Waals surface area contributed by atoms with Crippen LogP contribution in [0.15, 0.2) is 0 Å². The molecule has 0 aromatic rings. The first-order valence-electron chi connectivity index (χ1n) is 10.2. The Hall–Kier alpha value is -1.18. The van der Waals surface area contributed by atoms with E-state index in [1.807, 2.05) is 16.8 Å². The summed E-state index contributed by atoms with van der Waals surface area (Å²) in [5, 5.41) is 3.33. The Bertz CT molecular complexity index is 467. The number of likely N-dealkylation sites (N-methyl/N-ethyl adjacent to an activating group) is 1. The van der Waals surface area contributed by atoms with E-state index in [1.165, 1.54) is 19.3 Å². The summed E-state index contributed by atoms with van der Waals surface area (Å²) in [4.78, 5) is 31.1.